The number of fused-ring (bicyclic) bond motifs is 2. The van der Waals surface area contributed by atoms with E-state index in [9.17, 15) is 9.59 Å². The fourth-order valence-corrected chi connectivity index (χ4v) is 3.77. The number of carbonyl (C=O) groups excluding carboxylic acids is 2. The molecule has 2 heterocycles. The molecule has 0 atom stereocenters. The van der Waals surface area contributed by atoms with Crippen LogP contribution in [0.15, 0.2) is 60.7 Å². The van der Waals surface area contributed by atoms with E-state index in [4.69, 9.17) is 4.74 Å². The smallest absolute Gasteiger partial charge is 0.343 e. The molecular formula is C25H22N4O4. The molecule has 8 nitrogen and oxygen atoms in total. The van der Waals surface area contributed by atoms with Gasteiger partial charge in [-0.3, -0.25) is 4.79 Å². The van der Waals surface area contributed by atoms with Gasteiger partial charge in [0.1, 0.15) is 11.6 Å². The summed E-state index contributed by atoms with van der Waals surface area (Å²) in [6, 6.07) is 18.5. The van der Waals surface area contributed by atoms with Gasteiger partial charge in [-0.05, 0) is 48.4 Å². The van der Waals surface area contributed by atoms with E-state index in [1.54, 1.807) is 24.3 Å². The van der Waals surface area contributed by atoms with Gasteiger partial charge in [0.25, 0.3) is 5.91 Å². The highest BCUT2D eigenvalue weighted by atomic mass is 16.6. The molecule has 0 spiro atoms. The van der Waals surface area contributed by atoms with E-state index in [2.05, 4.69) is 25.3 Å². The summed E-state index contributed by atoms with van der Waals surface area (Å²) in [5, 5.41) is 6.27. The number of nitrogens with one attached hydrogen (secondary N) is 3. The zero-order chi connectivity index (χ0) is 22.8. The summed E-state index contributed by atoms with van der Waals surface area (Å²) in [6.45, 7) is 0.770. The number of methoxy groups -OCH3 is 1. The molecule has 0 radical (unpaired) electrons. The van der Waals surface area contributed by atoms with E-state index < -0.39 is 5.97 Å². The lowest BCUT2D eigenvalue weighted by Crippen LogP contribution is -2.12. The number of hydrogen-bond donors (Lipinski definition) is 3. The van der Waals surface area contributed by atoms with Crippen molar-refractivity contribution in [3.05, 3.63) is 71.8 Å². The van der Waals surface area contributed by atoms with Crippen LogP contribution in [0.4, 0.5) is 11.4 Å². The molecule has 8 heteroatoms. The molecule has 0 unspecified atom stereocenters. The fraction of sp³-hybridized carbons (Fsp3) is 0.160. The zero-order valence-corrected chi connectivity index (χ0v) is 18.0. The third kappa shape index (κ3) is 4.36. The minimum Gasteiger partial charge on any atom is -0.482 e. The first-order valence-electron chi connectivity index (χ1n) is 10.6. The number of amides is 1. The lowest BCUT2D eigenvalue weighted by molar-refractivity contribution is -0.142. The van der Waals surface area contributed by atoms with Gasteiger partial charge in [0, 0.05) is 35.1 Å². The zero-order valence-electron chi connectivity index (χ0n) is 18.0. The first-order chi connectivity index (χ1) is 16.1. The van der Waals surface area contributed by atoms with Gasteiger partial charge in [-0.2, -0.15) is 0 Å². The first kappa shape index (κ1) is 20.6. The van der Waals surface area contributed by atoms with E-state index in [1.807, 2.05) is 36.4 Å². The normalized spacial score (nSPS) is 12.2. The molecule has 0 saturated carbocycles. The van der Waals surface area contributed by atoms with Gasteiger partial charge >= 0.3 is 5.97 Å². The van der Waals surface area contributed by atoms with E-state index in [0.717, 1.165) is 40.9 Å². The average molecular weight is 442 g/mol. The molecule has 0 saturated heterocycles. The Bertz CT molecular complexity index is 1340. The minimum atomic E-state index is -0.447. The minimum absolute atomic E-state index is 0.158. The predicted molar refractivity (Wildman–Crippen MR) is 126 cm³/mol. The van der Waals surface area contributed by atoms with E-state index >= 15 is 0 Å². The highest BCUT2D eigenvalue weighted by Gasteiger charge is 2.13. The quantitative estimate of drug-likeness (QED) is 0.390. The molecule has 5 rings (SSSR count). The molecule has 3 aromatic carbocycles. The maximum atomic E-state index is 12.7. The maximum Gasteiger partial charge on any atom is 0.343 e. The summed E-state index contributed by atoms with van der Waals surface area (Å²) in [5.74, 6) is 0.595. The Labute approximate surface area is 189 Å². The summed E-state index contributed by atoms with van der Waals surface area (Å²) < 4.78 is 10.0. The van der Waals surface area contributed by atoms with Crippen LogP contribution >= 0.6 is 0 Å². The van der Waals surface area contributed by atoms with Crippen molar-refractivity contribution in [3.63, 3.8) is 0 Å². The number of anilines is 2. The number of esters is 1. The monoisotopic (exact) mass is 442 g/mol. The number of imidazole rings is 1. The van der Waals surface area contributed by atoms with Crippen molar-refractivity contribution in [3.8, 4) is 17.1 Å². The van der Waals surface area contributed by atoms with Crippen LogP contribution in [0.25, 0.3) is 22.4 Å². The number of carbonyl (C=O) groups is 2. The molecule has 0 fully saturated rings. The largest absolute Gasteiger partial charge is 0.482 e. The fourth-order valence-electron chi connectivity index (χ4n) is 3.77. The van der Waals surface area contributed by atoms with Crippen molar-refractivity contribution in [1.29, 1.82) is 0 Å². The van der Waals surface area contributed by atoms with Crippen molar-refractivity contribution in [2.45, 2.75) is 6.42 Å². The second kappa shape index (κ2) is 8.66. The Morgan fingerprint density at radius 1 is 1.06 bits per heavy atom. The van der Waals surface area contributed by atoms with Gasteiger partial charge in [-0.25, -0.2) is 9.78 Å². The SMILES string of the molecule is COC(=O)COc1ccc2nc(-c3ccc(C(=O)Nc4ccc5c(c4)NCC5)cc3)[nH]c2c1. The van der Waals surface area contributed by atoms with Gasteiger partial charge in [0.05, 0.1) is 18.1 Å². The molecule has 0 bridgehead atoms. The molecule has 33 heavy (non-hydrogen) atoms. The predicted octanol–water partition coefficient (Wildman–Crippen LogP) is 4.00. The molecule has 1 amide bonds. The number of aromatic nitrogens is 2. The van der Waals surface area contributed by atoms with Crippen LogP contribution < -0.4 is 15.4 Å². The topological polar surface area (TPSA) is 105 Å². The van der Waals surface area contributed by atoms with Crippen LogP contribution in [-0.4, -0.2) is 42.1 Å². The van der Waals surface area contributed by atoms with Crippen LogP contribution in [-0.2, 0) is 16.0 Å². The highest BCUT2D eigenvalue weighted by molar-refractivity contribution is 6.04. The summed E-state index contributed by atoms with van der Waals surface area (Å²) in [5.41, 5.74) is 6.06. The van der Waals surface area contributed by atoms with Gasteiger partial charge in [0.2, 0.25) is 0 Å². The number of ether oxygens (including phenoxy) is 2. The van der Waals surface area contributed by atoms with Crippen LogP contribution in [0.5, 0.6) is 5.75 Å². The molecule has 3 N–H and O–H groups in total. The molecular weight excluding hydrogens is 420 g/mol. The second-order valence-electron chi connectivity index (χ2n) is 7.71. The van der Waals surface area contributed by atoms with E-state index in [0.29, 0.717) is 17.1 Å². The molecule has 4 aromatic rings. The average Bonchev–Trinajstić information content (AvgIpc) is 3.48. The number of aromatic amines is 1. The Morgan fingerprint density at radius 3 is 2.73 bits per heavy atom. The molecule has 1 aromatic heterocycles. The lowest BCUT2D eigenvalue weighted by Gasteiger charge is -2.08. The first-order valence-corrected chi connectivity index (χ1v) is 10.6. The van der Waals surface area contributed by atoms with Crippen molar-refractivity contribution < 1.29 is 19.1 Å². The number of rotatable bonds is 6. The highest BCUT2D eigenvalue weighted by Crippen LogP contribution is 2.27. The van der Waals surface area contributed by atoms with Crippen molar-refractivity contribution in [1.82, 2.24) is 9.97 Å². The number of benzene rings is 3. The number of hydrogen-bond acceptors (Lipinski definition) is 6. The molecule has 1 aliphatic heterocycles. The Kier molecular flexibility index (Phi) is 5.40. The summed E-state index contributed by atoms with van der Waals surface area (Å²) in [6.07, 6.45) is 1.01. The lowest BCUT2D eigenvalue weighted by atomic mass is 10.1. The third-order valence-electron chi connectivity index (χ3n) is 5.54. The summed E-state index contributed by atoms with van der Waals surface area (Å²) in [7, 11) is 1.31. The van der Waals surface area contributed by atoms with E-state index in [-0.39, 0.29) is 12.5 Å². The van der Waals surface area contributed by atoms with Gasteiger partial charge < -0.3 is 25.1 Å². The van der Waals surface area contributed by atoms with Crippen LogP contribution in [0.1, 0.15) is 15.9 Å². The van der Waals surface area contributed by atoms with Gasteiger partial charge in [0.15, 0.2) is 6.61 Å². The second-order valence-corrected chi connectivity index (χ2v) is 7.71. The Hall–Kier alpha value is -4.33. The van der Waals surface area contributed by atoms with Crippen molar-refractivity contribution in [2.24, 2.45) is 0 Å². The molecule has 1 aliphatic rings. The van der Waals surface area contributed by atoms with Crippen LogP contribution in [0, 0.1) is 0 Å². The van der Waals surface area contributed by atoms with Gasteiger partial charge in [-0.15, -0.1) is 0 Å². The van der Waals surface area contributed by atoms with E-state index in [1.165, 1.54) is 12.7 Å². The van der Waals surface area contributed by atoms with Gasteiger partial charge in [-0.1, -0.05) is 18.2 Å². The number of H-pyrrole nitrogens is 1. The Balaban J connectivity index is 1.29. The third-order valence-corrected chi connectivity index (χ3v) is 5.54. The maximum absolute atomic E-state index is 12.7. The number of nitrogens with zero attached hydrogens (tertiary/aromatic N) is 1. The molecule has 166 valence electrons. The Morgan fingerprint density at radius 2 is 1.91 bits per heavy atom. The standard InChI is InChI=1S/C25H22N4O4/c1-32-23(30)14-33-19-8-9-20-22(13-19)29-24(28-20)16-2-4-17(5-3-16)25(31)27-18-7-6-15-10-11-26-21(15)12-18/h2-9,12-13,26H,10-11,14H2,1H3,(H,27,31)(H,28,29). The summed E-state index contributed by atoms with van der Waals surface area (Å²) in [4.78, 5) is 31.8. The molecule has 0 aliphatic carbocycles. The summed E-state index contributed by atoms with van der Waals surface area (Å²) >= 11 is 0. The van der Waals surface area contributed by atoms with Crippen LogP contribution in [0.2, 0.25) is 0 Å². The van der Waals surface area contributed by atoms with Crippen molar-refractivity contribution >= 4 is 34.3 Å². The van der Waals surface area contributed by atoms with Crippen molar-refractivity contribution in [2.75, 3.05) is 30.9 Å². The van der Waals surface area contributed by atoms with Crippen LogP contribution in [0.3, 0.4) is 0 Å².